The summed E-state index contributed by atoms with van der Waals surface area (Å²) >= 11 is 0. The Bertz CT molecular complexity index is 1090. The number of unbranched alkanes of at least 4 members (excludes halogenated alkanes) is 29. The van der Waals surface area contributed by atoms with Crippen molar-refractivity contribution >= 4 is 17.9 Å². The van der Waals surface area contributed by atoms with Crippen molar-refractivity contribution in [3.8, 4) is 0 Å². The molecule has 0 aromatic heterocycles. The van der Waals surface area contributed by atoms with Crippen molar-refractivity contribution in [3.05, 3.63) is 48.6 Å². The number of hydrogen-bond acceptors (Lipinski definition) is 6. The van der Waals surface area contributed by atoms with Crippen molar-refractivity contribution in [2.75, 3.05) is 13.2 Å². The van der Waals surface area contributed by atoms with Crippen LogP contribution in [0.1, 0.15) is 271 Å². The minimum absolute atomic E-state index is 0.0791. The molecule has 6 heteroatoms. The maximum absolute atomic E-state index is 12.8. The third-order valence-electron chi connectivity index (χ3n) is 11.6. The Kier molecular flexibility index (Phi) is 48.8. The highest BCUT2D eigenvalue weighted by Crippen LogP contribution is 2.15. The van der Waals surface area contributed by atoms with Crippen LogP contribution in [0.5, 0.6) is 0 Å². The molecule has 0 aromatic rings. The van der Waals surface area contributed by atoms with Gasteiger partial charge in [-0.3, -0.25) is 14.4 Å². The lowest BCUT2D eigenvalue weighted by molar-refractivity contribution is -0.167. The number of ether oxygens (including phenoxy) is 3. The van der Waals surface area contributed by atoms with E-state index in [0.29, 0.717) is 19.3 Å². The molecule has 0 heterocycles. The fourth-order valence-electron chi connectivity index (χ4n) is 7.57. The number of hydrogen-bond donors (Lipinski definition) is 0. The van der Waals surface area contributed by atoms with E-state index >= 15 is 0 Å². The van der Waals surface area contributed by atoms with Gasteiger partial charge in [-0.05, 0) is 77.0 Å². The Morgan fingerprint density at radius 2 is 0.629 bits per heavy atom. The van der Waals surface area contributed by atoms with Crippen LogP contribution in [0, 0.1) is 0 Å². The average molecular weight is 869 g/mol. The van der Waals surface area contributed by atoms with Gasteiger partial charge in [0.1, 0.15) is 13.2 Å². The van der Waals surface area contributed by atoms with Crippen LogP contribution < -0.4 is 0 Å². The van der Waals surface area contributed by atoms with Crippen LogP contribution in [-0.2, 0) is 28.6 Å². The molecule has 0 saturated carbocycles. The van der Waals surface area contributed by atoms with Gasteiger partial charge in [-0.15, -0.1) is 0 Å². The van der Waals surface area contributed by atoms with E-state index < -0.39 is 6.10 Å². The van der Waals surface area contributed by atoms with Gasteiger partial charge >= 0.3 is 17.9 Å². The minimum Gasteiger partial charge on any atom is -0.462 e. The van der Waals surface area contributed by atoms with Gasteiger partial charge in [0, 0.05) is 19.3 Å². The Morgan fingerprint density at radius 3 is 1.00 bits per heavy atom. The highest BCUT2D eigenvalue weighted by Gasteiger charge is 2.19. The lowest BCUT2D eigenvalue weighted by Crippen LogP contribution is -2.30. The van der Waals surface area contributed by atoms with E-state index in [4.69, 9.17) is 14.2 Å². The largest absolute Gasteiger partial charge is 0.462 e. The molecule has 0 saturated heterocycles. The van der Waals surface area contributed by atoms with E-state index in [1.54, 1.807) is 0 Å². The lowest BCUT2D eigenvalue weighted by Gasteiger charge is -2.18. The zero-order chi connectivity index (χ0) is 45.1. The second-order valence-electron chi connectivity index (χ2n) is 17.8. The second-order valence-corrected chi connectivity index (χ2v) is 17.8. The molecule has 0 aromatic carbocycles. The maximum Gasteiger partial charge on any atom is 0.306 e. The van der Waals surface area contributed by atoms with Gasteiger partial charge in [0.15, 0.2) is 6.10 Å². The van der Waals surface area contributed by atoms with Gasteiger partial charge in [0.2, 0.25) is 0 Å². The topological polar surface area (TPSA) is 78.9 Å². The van der Waals surface area contributed by atoms with Crippen molar-refractivity contribution in [2.24, 2.45) is 0 Å². The summed E-state index contributed by atoms with van der Waals surface area (Å²) in [7, 11) is 0. The van der Waals surface area contributed by atoms with Crippen LogP contribution in [0.3, 0.4) is 0 Å². The molecule has 0 fully saturated rings. The predicted octanol–water partition coefficient (Wildman–Crippen LogP) is 17.5. The molecule has 0 aliphatic carbocycles. The summed E-state index contributed by atoms with van der Waals surface area (Å²) in [6.45, 7) is 6.52. The molecule has 62 heavy (non-hydrogen) atoms. The predicted molar refractivity (Wildman–Crippen MR) is 265 cm³/mol. The van der Waals surface area contributed by atoms with Gasteiger partial charge in [0.25, 0.3) is 0 Å². The van der Waals surface area contributed by atoms with Gasteiger partial charge in [0.05, 0.1) is 0 Å². The van der Waals surface area contributed by atoms with Gasteiger partial charge in [-0.25, -0.2) is 0 Å². The van der Waals surface area contributed by atoms with Crippen LogP contribution in [0.25, 0.3) is 0 Å². The molecule has 0 aliphatic rings. The fourth-order valence-corrected chi connectivity index (χ4v) is 7.57. The molecule has 0 spiro atoms. The maximum atomic E-state index is 12.8. The summed E-state index contributed by atoms with van der Waals surface area (Å²) in [5, 5.41) is 0. The monoisotopic (exact) mass is 869 g/mol. The fraction of sp³-hybridized carbons (Fsp3) is 0.804. The summed E-state index contributed by atoms with van der Waals surface area (Å²) in [5.41, 5.74) is 0. The average Bonchev–Trinajstić information content (AvgIpc) is 3.27. The van der Waals surface area contributed by atoms with E-state index in [9.17, 15) is 14.4 Å². The number of rotatable bonds is 48. The zero-order valence-electron chi connectivity index (χ0n) is 41.1. The summed E-state index contributed by atoms with van der Waals surface area (Å²) in [5.74, 6) is -0.892. The number of carbonyl (C=O) groups excluding carboxylic acids is 3. The van der Waals surface area contributed by atoms with Gasteiger partial charge < -0.3 is 14.2 Å². The Hall–Kier alpha value is -2.63. The Balaban J connectivity index is 4.37. The van der Waals surface area contributed by atoms with E-state index in [0.717, 1.165) is 96.3 Å². The molecule has 0 rings (SSSR count). The standard InChI is InChI=1S/C56H100O6/c1-4-7-10-13-16-19-22-25-27-28-30-31-34-37-40-43-46-49-55(58)61-52-53(51-60-54(57)48-45-42-39-36-33-24-21-18-15-12-9-6-3)62-56(59)50-47-44-41-38-35-32-29-26-23-20-17-14-11-8-5-2/h8,11,17,20,25-27,29,53H,4-7,9-10,12-16,18-19,21-24,28,30-52H2,1-3H3/b11-8-,20-17-,27-25-,29-26-. The van der Waals surface area contributed by atoms with Crippen molar-refractivity contribution in [2.45, 2.75) is 277 Å². The van der Waals surface area contributed by atoms with E-state index in [2.05, 4.69) is 69.4 Å². The molecule has 0 bridgehead atoms. The molecule has 0 radical (unpaired) electrons. The minimum atomic E-state index is -0.780. The molecule has 6 nitrogen and oxygen atoms in total. The van der Waals surface area contributed by atoms with Crippen LogP contribution in [0.4, 0.5) is 0 Å². The second kappa shape index (κ2) is 51.0. The van der Waals surface area contributed by atoms with E-state index in [1.807, 2.05) is 0 Å². The number of carbonyl (C=O) groups is 3. The smallest absolute Gasteiger partial charge is 0.306 e. The first kappa shape index (κ1) is 59.4. The summed E-state index contributed by atoms with van der Waals surface area (Å²) in [6.07, 6.45) is 60.9. The van der Waals surface area contributed by atoms with E-state index in [-0.39, 0.29) is 31.1 Å². The number of allylic oxidation sites excluding steroid dienone is 8. The molecular weight excluding hydrogens is 769 g/mol. The SMILES string of the molecule is CC/C=C\C/C=C\C/C=C\CCCCCCCC(=O)OC(COC(=O)CCCCCCCCC/C=C\CCCCCCCC)COC(=O)CCCCCCCCCCCCCC. The lowest BCUT2D eigenvalue weighted by atomic mass is 10.0. The Morgan fingerprint density at radius 1 is 0.339 bits per heavy atom. The molecule has 1 unspecified atom stereocenters. The van der Waals surface area contributed by atoms with Crippen LogP contribution in [-0.4, -0.2) is 37.2 Å². The summed E-state index contributed by atoms with van der Waals surface area (Å²) < 4.78 is 16.8. The number of esters is 3. The highest BCUT2D eigenvalue weighted by molar-refractivity contribution is 5.71. The zero-order valence-corrected chi connectivity index (χ0v) is 41.1. The van der Waals surface area contributed by atoms with Gasteiger partial charge in [-0.2, -0.15) is 0 Å². The van der Waals surface area contributed by atoms with Crippen LogP contribution in [0.15, 0.2) is 48.6 Å². The van der Waals surface area contributed by atoms with Crippen molar-refractivity contribution < 1.29 is 28.6 Å². The van der Waals surface area contributed by atoms with Crippen molar-refractivity contribution in [1.29, 1.82) is 0 Å². The first-order valence-corrected chi connectivity index (χ1v) is 26.6. The normalized spacial score (nSPS) is 12.4. The Labute approximate surface area is 384 Å². The molecular formula is C56H100O6. The molecule has 0 N–H and O–H groups in total. The first-order valence-electron chi connectivity index (χ1n) is 26.6. The van der Waals surface area contributed by atoms with Crippen LogP contribution in [0.2, 0.25) is 0 Å². The highest BCUT2D eigenvalue weighted by atomic mass is 16.6. The molecule has 1 atom stereocenters. The summed E-state index contributed by atoms with van der Waals surface area (Å²) in [6, 6.07) is 0. The van der Waals surface area contributed by atoms with Crippen molar-refractivity contribution in [1.82, 2.24) is 0 Å². The third kappa shape index (κ3) is 48.4. The quantitative estimate of drug-likeness (QED) is 0.0262. The third-order valence-corrected chi connectivity index (χ3v) is 11.6. The summed E-state index contributed by atoms with van der Waals surface area (Å²) in [4.78, 5) is 38.0. The molecule has 0 aliphatic heterocycles. The first-order chi connectivity index (χ1) is 30.5. The molecule has 360 valence electrons. The van der Waals surface area contributed by atoms with Crippen molar-refractivity contribution in [3.63, 3.8) is 0 Å². The van der Waals surface area contributed by atoms with Crippen LogP contribution >= 0.6 is 0 Å². The molecule has 0 amide bonds. The van der Waals surface area contributed by atoms with Gasteiger partial charge in [-0.1, -0.05) is 223 Å². The van der Waals surface area contributed by atoms with E-state index in [1.165, 1.54) is 135 Å².